The predicted molar refractivity (Wildman–Crippen MR) is 54.1 cm³/mol. The molecule has 0 aliphatic heterocycles. The first-order valence-corrected chi connectivity index (χ1v) is 5.31. The number of hydrogen-bond acceptors (Lipinski definition) is 1. The lowest BCUT2D eigenvalue weighted by Gasteiger charge is -2.03. The standard InChI is InChI=1S/C11H21N/c12-10-9-11-7-5-3-1-2-4-6-8-11/h7H,1-6,8-10,12H2/b11-7+. The molecule has 1 rings (SSSR count). The van der Waals surface area contributed by atoms with Gasteiger partial charge in [-0.2, -0.15) is 0 Å². The maximum absolute atomic E-state index is 5.55. The van der Waals surface area contributed by atoms with E-state index in [-0.39, 0.29) is 0 Å². The van der Waals surface area contributed by atoms with Gasteiger partial charge in [-0.15, -0.1) is 0 Å². The fourth-order valence-corrected chi connectivity index (χ4v) is 1.85. The molecule has 0 bridgehead atoms. The summed E-state index contributed by atoms with van der Waals surface area (Å²) in [6.45, 7) is 0.825. The van der Waals surface area contributed by atoms with Crippen molar-refractivity contribution in [2.75, 3.05) is 6.54 Å². The molecule has 0 aromatic rings. The van der Waals surface area contributed by atoms with Crippen molar-refractivity contribution < 1.29 is 0 Å². The molecule has 0 radical (unpaired) electrons. The molecule has 1 aliphatic carbocycles. The Morgan fingerprint density at radius 3 is 2.67 bits per heavy atom. The Hall–Kier alpha value is -0.300. The van der Waals surface area contributed by atoms with Crippen LogP contribution in [-0.2, 0) is 0 Å². The van der Waals surface area contributed by atoms with Crippen LogP contribution >= 0.6 is 0 Å². The van der Waals surface area contributed by atoms with Crippen LogP contribution in [0.1, 0.15) is 51.4 Å². The molecule has 0 aromatic carbocycles. The van der Waals surface area contributed by atoms with Crippen molar-refractivity contribution in [1.82, 2.24) is 0 Å². The number of rotatable bonds is 2. The molecule has 0 atom stereocenters. The Balaban J connectivity index is 2.33. The van der Waals surface area contributed by atoms with Crippen molar-refractivity contribution in [1.29, 1.82) is 0 Å². The Morgan fingerprint density at radius 1 is 1.08 bits per heavy atom. The second-order valence-electron chi connectivity index (χ2n) is 3.71. The van der Waals surface area contributed by atoms with E-state index >= 15 is 0 Å². The third-order valence-electron chi connectivity index (χ3n) is 2.60. The molecule has 1 nitrogen and oxygen atoms in total. The van der Waals surface area contributed by atoms with E-state index in [0.717, 1.165) is 13.0 Å². The molecule has 0 amide bonds. The molecule has 0 saturated carbocycles. The fourth-order valence-electron chi connectivity index (χ4n) is 1.85. The fraction of sp³-hybridized carbons (Fsp3) is 0.818. The summed E-state index contributed by atoms with van der Waals surface area (Å²) in [7, 11) is 0. The average molecular weight is 167 g/mol. The van der Waals surface area contributed by atoms with Gasteiger partial charge in [-0.1, -0.05) is 30.9 Å². The van der Waals surface area contributed by atoms with Crippen molar-refractivity contribution >= 4 is 0 Å². The van der Waals surface area contributed by atoms with Crippen molar-refractivity contribution in [3.8, 4) is 0 Å². The summed E-state index contributed by atoms with van der Waals surface area (Å²) < 4.78 is 0. The second-order valence-corrected chi connectivity index (χ2v) is 3.71. The predicted octanol–water partition coefficient (Wildman–Crippen LogP) is 3.01. The zero-order valence-corrected chi connectivity index (χ0v) is 8.02. The molecule has 0 heterocycles. The number of hydrogen-bond donors (Lipinski definition) is 1. The monoisotopic (exact) mass is 167 g/mol. The molecule has 1 heteroatoms. The molecule has 0 spiro atoms. The van der Waals surface area contributed by atoms with E-state index in [9.17, 15) is 0 Å². The Bertz CT molecular complexity index is 138. The molecule has 12 heavy (non-hydrogen) atoms. The first kappa shape index (κ1) is 9.79. The smallest absolute Gasteiger partial charge is 0.00399 e. The van der Waals surface area contributed by atoms with Gasteiger partial charge < -0.3 is 5.73 Å². The van der Waals surface area contributed by atoms with E-state index in [1.165, 1.54) is 44.9 Å². The van der Waals surface area contributed by atoms with Crippen LogP contribution in [0.2, 0.25) is 0 Å². The van der Waals surface area contributed by atoms with Crippen molar-refractivity contribution in [3.63, 3.8) is 0 Å². The molecule has 0 unspecified atom stereocenters. The second kappa shape index (κ2) is 6.24. The van der Waals surface area contributed by atoms with Crippen LogP contribution in [0.5, 0.6) is 0 Å². The molecule has 0 aromatic heterocycles. The van der Waals surface area contributed by atoms with Gasteiger partial charge in [-0.3, -0.25) is 0 Å². The topological polar surface area (TPSA) is 26.0 Å². The Kier molecular flexibility index (Phi) is 5.09. The minimum atomic E-state index is 0.825. The van der Waals surface area contributed by atoms with Gasteiger partial charge in [-0.05, 0) is 38.6 Å². The van der Waals surface area contributed by atoms with Crippen molar-refractivity contribution in [2.45, 2.75) is 51.4 Å². The maximum Gasteiger partial charge on any atom is -0.00399 e. The summed E-state index contributed by atoms with van der Waals surface area (Å²) >= 11 is 0. The summed E-state index contributed by atoms with van der Waals surface area (Å²) in [4.78, 5) is 0. The first-order valence-electron chi connectivity index (χ1n) is 5.31. The van der Waals surface area contributed by atoms with Crippen LogP contribution < -0.4 is 5.73 Å². The van der Waals surface area contributed by atoms with Crippen LogP contribution in [0.3, 0.4) is 0 Å². The molecule has 1 aliphatic rings. The number of nitrogens with two attached hydrogens (primary N) is 1. The summed E-state index contributed by atoms with van der Waals surface area (Å²) in [6.07, 6.45) is 13.2. The molecule has 70 valence electrons. The van der Waals surface area contributed by atoms with Gasteiger partial charge in [0.05, 0.1) is 0 Å². The summed E-state index contributed by atoms with van der Waals surface area (Å²) in [5.74, 6) is 0. The number of allylic oxidation sites excluding steroid dienone is 1. The Morgan fingerprint density at radius 2 is 1.83 bits per heavy atom. The van der Waals surface area contributed by atoms with Crippen LogP contribution in [-0.4, -0.2) is 6.54 Å². The van der Waals surface area contributed by atoms with Crippen molar-refractivity contribution in [3.05, 3.63) is 11.6 Å². The van der Waals surface area contributed by atoms with Gasteiger partial charge in [-0.25, -0.2) is 0 Å². The van der Waals surface area contributed by atoms with E-state index in [4.69, 9.17) is 5.73 Å². The lowest BCUT2D eigenvalue weighted by Crippen LogP contribution is -2.00. The van der Waals surface area contributed by atoms with Crippen LogP contribution in [0.15, 0.2) is 11.6 Å². The zero-order valence-electron chi connectivity index (χ0n) is 8.02. The summed E-state index contributed by atoms with van der Waals surface area (Å²) in [5.41, 5.74) is 7.16. The van der Waals surface area contributed by atoms with Crippen molar-refractivity contribution in [2.24, 2.45) is 5.73 Å². The molecular weight excluding hydrogens is 146 g/mol. The minimum absolute atomic E-state index is 0.825. The van der Waals surface area contributed by atoms with Gasteiger partial charge in [0.2, 0.25) is 0 Å². The largest absolute Gasteiger partial charge is 0.330 e. The third-order valence-corrected chi connectivity index (χ3v) is 2.60. The lowest BCUT2D eigenvalue weighted by molar-refractivity contribution is 0.626. The first-order chi connectivity index (χ1) is 5.93. The quantitative estimate of drug-likeness (QED) is 0.629. The highest BCUT2D eigenvalue weighted by Crippen LogP contribution is 2.18. The minimum Gasteiger partial charge on any atom is -0.330 e. The summed E-state index contributed by atoms with van der Waals surface area (Å²) in [5, 5.41) is 0. The summed E-state index contributed by atoms with van der Waals surface area (Å²) in [6, 6.07) is 0. The lowest BCUT2D eigenvalue weighted by atomic mass is 10.0. The third kappa shape index (κ3) is 3.91. The molecule has 0 saturated heterocycles. The highest BCUT2D eigenvalue weighted by molar-refractivity contribution is 5.02. The van der Waals surface area contributed by atoms with Gasteiger partial charge in [0.15, 0.2) is 0 Å². The normalized spacial score (nSPS) is 24.9. The van der Waals surface area contributed by atoms with Gasteiger partial charge in [0.25, 0.3) is 0 Å². The van der Waals surface area contributed by atoms with Crippen LogP contribution in [0, 0.1) is 0 Å². The van der Waals surface area contributed by atoms with Crippen LogP contribution in [0.4, 0.5) is 0 Å². The van der Waals surface area contributed by atoms with Gasteiger partial charge >= 0.3 is 0 Å². The maximum atomic E-state index is 5.55. The van der Waals surface area contributed by atoms with E-state index in [1.54, 1.807) is 5.57 Å². The van der Waals surface area contributed by atoms with E-state index < -0.39 is 0 Å². The van der Waals surface area contributed by atoms with Crippen LogP contribution in [0.25, 0.3) is 0 Å². The average Bonchev–Trinajstić information content (AvgIpc) is 2.19. The SMILES string of the molecule is NCC/C1=C/CCCCCCC1. The van der Waals surface area contributed by atoms with E-state index in [2.05, 4.69) is 6.08 Å². The van der Waals surface area contributed by atoms with Gasteiger partial charge in [0, 0.05) is 0 Å². The molecular formula is C11H21N. The molecule has 0 fully saturated rings. The van der Waals surface area contributed by atoms with Gasteiger partial charge in [0.1, 0.15) is 0 Å². The Labute approximate surface area is 76.0 Å². The van der Waals surface area contributed by atoms with E-state index in [1.807, 2.05) is 0 Å². The highest BCUT2D eigenvalue weighted by atomic mass is 14.5. The highest BCUT2D eigenvalue weighted by Gasteiger charge is 1.99. The van der Waals surface area contributed by atoms with E-state index in [0.29, 0.717) is 0 Å². The zero-order chi connectivity index (χ0) is 8.65. The molecule has 2 N–H and O–H groups in total.